The number of benzene rings is 1. The van der Waals surface area contributed by atoms with Gasteiger partial charge < -0.3 is 9.73 Å². The van der Waals surface area contributed by atoms with Crippen molar-refractivity contribution in [3.63, 3.8) is 0 Å². The summed E-state index contributed by atoms with van der Waals surface area (Å²) >= 11 is 3.29. The molecule has 0 spiro atoms. The van der Waals surface area contributed by atoms with Crippen LogP contribution in [0.3, 0.4) is 0 Å². The van der Waals surface area contributed by atoms with Crippen molar-refractivity contribution in [3.05, 3.63) is 58.0 Å². The number of furan rings is 1. The first kappa shape index (κ1) is 17.0. The van der Waals surface area contributed by atoms with Crippen molar-refractivity contribution in [3.8, 4) is 0 Å². The second-order valence-corrected chi connectivity index (χ2v) is 5.66. The monoisotopic (exact) mass is 377 g/mol. The Balaban J connectivity index is 1.86. The molecule has 7 heteroatoms. The van der Waals surface area contributed by atoms with E-state index in [9.17, 15) is 9.59 Å². The molecule has 0 atom stereocenters. The van der Waals surface area contributed by atoms with Gasteiger partial charge >= 0.3 is 0 Å². The highest BCUT2D eigenvalue weighted by molar-refractivity contribution is 9.10. The predicted octanol–water partition coefficient (Wildman–Crippen LogP) is 2.62. The largest absolute Gasteiger partial charge is 0.460 e. The number of rotatable bonds is 5. The normalized spacial score (nSPS) is 11.2. The van der Waals surface area contributed by atoms with Crippen LogP contribution < -0.4 is 10.7 Å². The summed E-state index contributed by atoms with van der Waals surface area (Å²) in [6.07, 6.45) is 0. The van der Waals surface area contributed by atoms with Gasteiger partial charge in [-0.05, 0) is 54.0 Å². The number of nitrogens with one attached hydrogen (secondary N) is 2. The fraction of sp³-hybridized carbons (Fsp3) is 0.188. The lowest BCUT2D eigenvalue weighted by Gasteiger charge is -2.06. The van der Waals surface area contributed by atoms with Gasteiger partial charge in [0.05, 0.1) is 12.1 Å². The van der Waals surface area contributed by atoms with E-state index >= 15 is 0 Å². The van der Waals surface area contributed by atoms with Gasteiger partial charge in [-0.25, -0.2) is 5.43 Å². The van der Waals surface area contributed by atoms with E-state index in [0.29, 0.717) is 21.5 Å². The summed E-state index contributed by atoms with van der Waals surface area (Å²) in [7, 11) is 0. The van der Waals surface area contributed by atoms with Crippen LogP contribution in [0, 0.1) is 6.92 Å². The number of carbonyl (C=O) groups excluding carboxylic acids is 2. The molecule has 2 N–H and O–H groups in total. The number of hydrogen-bond acceptors (Lipinski definition) is 4. The minimum absolute atomic E-state index is 0.172. The third-order valence-electron chi connectivity index (χ3n) is 2.97. The van der Waals surface area contributed by atoms with Crippen molar-refractivity contribution in [2.24, 2.45) is 5.10 Å². The topological polar surface area (TPSA) is 83.7 Å². The molecule has 0 aliphatic carbocycles. The zero-order chi connectivity index (χ0) is 16.8. The number of carbonyl (C=O) groups is 2. The minimum atomic E-state index is -0.423. The number of aryl methyl sites for hydroxylation is 1. The minimum Gasteiger partial charge on any atom is -0.460 e. The zero-order valence-corrected chi connectivity index (χ0v) is 14.3. The van der Waals surface area contributed by atoms with Gasteiger partial charge in [0.15, 0.2) is 0 Å². The van der Waals surface area contributed by atoms with Gasteiger partial charge in [0.25, 0.3) is 11.8 Å². The molecule has 2 amide bonds. The summed E-state index contributed by atoms with van der Waals surface area (Å²) in [5, 5.41) is 6.47. The summed E-state index contributed by atoms with van der Waals surface area (Å²) in [5.41, 5.74) is 3.38. The summed E-state index contributed by atoms with van der Waals surface area (Å²) in [6.45, 7) is 3.37. The van der Waals surface area contributed by atoms with Crippen LogP contribution in [-0.4, -0.2) is 24.1 Å². The number of amides is 2. The van der Waals surface area contributed by atoms with E-state index in [2.05, 4.69) is 31.8 Å². The highest BCUT2D eigenvalue weighted by Crippen LogP contribution is 2.15. The maximum Gasteiger partial charge on any atom is 0.259 e. The van der Waals surface area contributed by atoms with Gasteiger partial charge in [0.2, 0.25) is 0 Å². The van der Waals surface area contributed by atoms with Gasteiger partial charge in [-0.15, -0.1) is 0 Å². The average molecular weight is 378 g/mol. The summed E-state index contributed by atoms with van der Waals surface area (Å²) in [6, 6.07) is 10.6. The third-order valence-corrected chi connectivity index (χ3v) is 3.66. The van der Waals surface area contributed by atoms with Gasteiger partial charge in [0, 0.05) is 4.47 Å². The molecule has 0 saturated heterocycles. The molecular weight excluding hydrogens is 362 g/mol. The summed E-state index contributed by atoms with van der Waals surface area (Å²) in [5.74, 6) is 0.588. The average Bonchev–Trinajstić information content (AvgIpc) is 2.97. The first-order valence-electron chi connectivity index (χ1n) is 6.90. The van der Waals surface area contributed by atoms with Crippen molar-refractivity contribution in [2.75, 3.05) is 6.54 Å². The van der Waals surface area contributed by atoms with Gasteiger partial charge in [-0.2, -0.15) is 5.10 Å². The Labute approximate surface area is 142 Å². The molecule has 2 aromatic rings. The SMILES string of the molecule is C/C(=N\NC(=O)CNC(=O)c1ccccc1Br)c1ccc(C)o1. The lowest BCUT2D eigenvalue weighted by atomic mass is 10.2. The molecular formula is C16H16BrN3O3. The fourth-order valence-corrected chi connectivity index (χ4v) is 2.24. The standard InChI is InChI=1S/C16H16BrN3O3/c1-10-7-8-14(23-10)11(2)19-20-15(21)9-18-16(22)12-5-3-4-6-13(12)17/h3-8H,9H2,1-2H3,(H,18,22)(H,20,21)/b19-11+. The maximum absolute atomic E-state index is 12.0. The van der Waals surface area contributed by atoms with E-state index in [0.717, 1.165) is 5.76 Å². The first-order chi connectivity index (χ1) is 11.0. The van der Waals surface area contributed by atoms with E-state index in [-0.39, 0.29) is 12.5 Å². The van der Waals surface area contributed by atoms with E-state index in [1.165, 1.54) is 0 Å². The Morgan fingerprint density at radius 3 is 2.61 bits per heavy atom. The molecule has 0 aliphatic rings. The molecule has 120 valence electrons. The molecule has 0 fully saturated rings. The van der Waals surface area contributed by atoms with Crippen molar-refractivity contribution in [2.45, 2.75) is 13.8 Å². The molecule has 6 nitrogen and oxygen atoms in total. The Hall–Kier alpha value is -2.41. The van der Waals surface area contributed by atoms with E-state index in [1.807, 2.05) is 13.0 Å². The van der Waals surface area contributed by atoms with Gasteiger partial charge in [-0.3, -0.25) is 9.59 Å². The van der Waals surface area contributed by atoms with Crippen LogP contribution in [0.1, 0.15) is 28.8 Å². The van der Waals surface area contributed by atoms with Crippen LogP contribution in [0.2, 0.25) is 0 Å². The van der Waals surface area contributed by atoms with Crippen LogP contribution in [-0.2, 0) is 4.79 Å². The number of hydrogen-bond donors (Lipinski definition) is 2. The molecule has 0 unspecified atom stereocenters. The zero-order valence-electron chi connectivity index (χ0n) is 12.7. The van der Waals surface area contributed by atoms with Crippen molar-refractivity contribution >= 4 is 33.5 Å². The van der Waals surface area contributed by atoms with Crippen molar-refractivity contribution in [1.29, 1.82) is 0 Å². The van der Waals surface area contributed by atoms with Gasteiger partial charge in [-0.1, -0.05) is 12.1 Å². The van der Waals surface area contributed by atoms with E-state index in [4.69, 9.17) is 4.42 Å². The molecule has 0 bridgehead atoms. The third kappa shape index (κ3) is 4.79. The molecule has 2 rings (SSSR count). The second kappa shape index (κ2) is 7.73. The van der Waals surface area contributed by atoms with E-state index < -0.39 is 5.91 Å². The molecule has 0 radical (unpaired) electrons. The smallest absolute Gasteiger partial charge is 0.259 e. The number of hydrazone groups is 1. The fourth-order valence-electron chi connectivity index (χ4n) is 1.77. The molecule has 1 aromatic heterocycles. The summed E-state index contributed by atoms with van der Waals surface area (Å²) in [4.78, 5) is 23.7. The van der Waals surface area contributed by atoms with Crippen LogP contribution >= 0.6 is 15.9 Å². The lowest BCUT2D eigenvalue weighted by Crippen LogP contribution is -2.35. The highest BCUT2D eigenvalue weighted by atomic mass is 79.9. The maximum atomic E-state index is 12.0. The quantitative estimate of drug-likeness (QED) is 0.620. The van der Waals surface area contributed by atoms with Crippen LogP contribution in [0.4, 0.5) is 0 Å². The van der Waals surface area contributed by atoms with Crippen molar-refractivity contribution < 1.29 is 14.0 Å². The number of halogens is 1. The second-order valence-electron chi connectivity index (χ2n) is 4.81. The molecule has 0 saturated carbocycles. The lowest BCUT2D eigenvalue weighted by molar-refractivity contribution is -0.120. The predicted molar refractivity (Wildman–Crippen MR) is 90.3 cm³/mol. The summed E-state index contributed by atoms with van der Waals surface area (Å²) < 4.78 is 6.06. The van der Waals surface area contributed by atoms with E-state index in [1.54, 1.807) is 37.3 Å². The van der Waals surface area contributed by atoms with Gasteiger partial charge in [0.1, 0.15) is 17.2 Å². The van der Waals surface area contributed by atoms with Crippen molar-refractivity contribution in [1.82, 2.24) is 10.7 Å². The highest BCUT2D eigenvalue weighted by Gasteiger charge is 2.10. The Bertz CT molecular complexity index is 753. The Kier molecular flexibility index (Phi) is 5.70. The van der Waals surface area contributed by atoms with Crippen LogP contribution in [0.15, 0.2) is 50.4 Å². The molecule has 23 heavy (non-hydrogen) atoms. The van der Waals surface area contributed by atoms with Crippen LogP contribution in [0.25, 0.3) is 0 Å². The Morgan fingerprint density at radius 2 is 1.96 bits per heavy atom. The molecule has 1 aromatic carbocycles. The number of nitrogens with zero attached hydrogens (tertiary/aromatic N) is 1. The first-order valence-corrected chi connectivity index (χ1v) is 7.69. The molecule has 0 aliphatic heterocycles. The van der Waals surface area contributed by atoms with Crippen LogP contribution in [0.5, 0.6) is 0 Å². The molecule has 1 heterocycles. The Morgan fingerprint density at radius 1 is 1.22 bits per heavy atom.